The fourth-order valence-corrected chi connectivity index (χ4v) is 3.36. The Morgan fingerprint density at radius 1 is 1.26 bits per heavy atom. The molecule has 0 bridgehead atoms. The summed E-state index contributed by atoms with van der Waals surface area (Å²) in [5.74, 6) is -0.322. The summed E-state index contributed by atoms with van der Waals surface area (Å²) in [4.78, 5) is 15.1. The predicted octanol–water partition coefficient (Wildman–Crippen LogP) is 2.69. The number of halogens is 1. The van der Waals surface area contributed by atoms with Gasteiger partial charge >= 0.3 is 0 Å². The van der Waals surface area contributed by atoms with E-state index in [0.29, 0.717) is 24.6 Å². The van der Waals surface area contributed by atoms with E-state index in [2.05, 4.69) is 10.2 Å². The van der Waals surface area contributed by atoms with Crippen LogP contribution >= 0.6 is 11.3 Å². The Hall–Kier alpha value is -1.76. The van der Waals surface area contributed by atoms with Crippen LogP contribution in [0.2, 0.25) is 0 Å². The first-order valence-corrected chi connectivity index (χ1v) is 8.51. The van der Waals surface area contributed by atoms with Gasteiger partial charge in [-0.05, 0) is 29.1 Å². The number of nitrogens with zero attached hydrogens (tertiary/aromatic N) is 1. The molecule has 1 aromatic heterocycles. The van der Waals surface area contributed by atoms with Crippen LogP contribution in [-0.4, -0.2) is 43.7 Å². The maximum Gasteiger partial charge on any atom is 0.261 e. The van der Waals surface area contributed by atoms with E-state index in [0.717, 1.165) is 18.7 Å². The Bertz CT molecular complexity index is 625. The van der Waals surface area contributed by atoms with Gasteiger partial charge in [-0.15, -0.1) is 11.3 Å². The van der Waals surface area contributed by atoms with Gasteiger partial charge in [0.2, 0.25) is 0 Å². The van der Waals surface area contributed by atoms with Gasteiger partial charge < -0.3 is 10.1 Å². The van der Waals surface area contributed by atoms with E-state index in [1.807, 2.05) is 17.5 Å². The van der Waals surface area contributed by atoms with Crippen molar-refractivity contribution in [1.82, 2.24) is 10.2 Å². The summed E-state index contributed by atoms with van der Waals surface area (Å²) < 4.78 is 18.6. The Kier molecular flexibility index (Phi) is 5.38. The number of nitrogens with one attached hydrogen (secondary N) is 1. The van der Waals surface area contributed by atoms with Crippen LogP contribution in [0.5, 0.6) is 0 Å². The average molecular weight is 334 g/mol. The zero-order valence-electron chi connectivity index (χ0n) is 12.7. The number of hydrogen-bond donors (Lipinski definition) is 1. The van der Waals surface area contributed by atoms with Gasteiger partial charge in [-0.1, -0.05) is 18.2 Å². The van der Waals surface area contributed by atoms with Gasteiger partial charge in [-0.25, -0.2) is 4.39 Å². The summed E-state index contributed by atoms with van der Waals surface area (Å²) in [5, 5.41) is 4.87. The smallest absolute Gasteiger partial charge is 0.261 e. The molecular weight excluding hydrogens is 315 g/mol. The molecule has 1 N–H and O–H groups in total. The minimum absolute atomic E-state index is 0.0170. The lowest BCUT2D eigenvalue weighted by atomic mass is 10.0. The topological polar surface area (TPSA) is 41.6 Å². The first kappa shape index (κ1) is 16.1. The van der Waals surface area contributed by atoms with Crippen LogP contribution in [0.4, 0.5) is 4.39 Å². The molecule has 0 saturated carbocycles. The number of benzene rings is 1. The maximum absolute atomic E-state index is 13.2. The first-order valence-electron chi connectivity index (χ1n) is 7.63. The Morgan fingerprint density at radius 3 is 2.65 bits per heavy atom. The summed E-state index contributed by atoms with van der Waals surface area (Å²) >= 11 is 1.42. The zero-order valence-corrected chi connectivity index (χ0v) is 13.5. The molecule has 1 aromatic carbocycles. The third kappa shape index (κ3) is 4.16. The molecule has 2 aromatic rings. The fraction of sp³-hybridized carbons (Fsp3) is 0.353. The number of rotatable bonds is 5. The van der Waals surface area contributed by atoms with Crippen LogP contribution in [0.3, 0.4) is 0 Å². The van der Waals surface area contributed by atoms with Crippen molar-refractivity contribution in [1.29, 1.82) is 0 Å². The minimum atomic E-state index is -0.253. The molecule has 6 heteroatoms. The van der Waals surface area contributed by atoms with Crippen molar-refractivity contribution in [2.75, 3.05) is 32.8 Å². The van der Waals surface area contributed by atoms with Crippen LogP contribution in [0.25, 0.3) is 0 Å². The van der Waals surface area contributed by atoms with E-state index < -0.39 is 0 Å². The van der Waals surface area contributed by atoms with Crippen LogP contribution in [0.1, 0.15) is 21.3 Å². The van der Waals surface area contributed by atoms with Gasteiger partial charge in [-0.2, -0.15) is 0 Å². The van der Waals surface area contributed by atoms with Gasteiger partial charge in [0.1, 0.15) is 5.82 Å². The molecule has 3 rings (SSSR count). The highest BCUT2D eigenvalue weighted by Gasteiger charge is 2.23. The molecule has 122 valence electrons. The predicted molar refractivity (Wildman–Crippen MR) is 88.2 cm³/mol. The van der Waals surface area contributed by atoms with E-state index in [9.17, 15) is 9.18 Å². The van der Waals surface area contributed by atoms with Crippen molar-refractivity contribution in [3.8, 4) is 0 Å². The van der Waals surface area contributed by atoms with E-state index in [4.69, 9.17) is 4.74 Å². The number of hydrogen-bond acceptors (Lipinski definition) is 4. The molecule has 0 aliphatic carbocycles. The Labute approximate surface area is 138 Å². The third-order valence-corrected chi connectivity index (χ3v) is 4.81. The highest BCUT2D eigenvalue weighted by molar-refractivity contribution is 7.12. The molecule has 0 unspecified atom stereocenters. The van der Waals surface area contributed by atoms with Crippen LogP contribution in [-0.2, 0) is 4.74 Å². The number of carbonyl (C=O) groups excluding carboxylic acids is 1. The zero-order chi connectivity index (χ0) is 16.1. The van der Waals surface area contributed by atoms with Gasteiger partial charge in [0.05, 0.1) is 24.1 Å². The van der Waals surface area contributed by atoms with Crippen molar-refractivity contribution in [2.45, 2.75) is 6.04 Å². The molecule has 1 fully saturated rings. The molecule has 1 atom stereocenters. The molecule has 0 radical (unpaired) electrons. The van der Waals surface area contributed by atoms with Gasteiger partial charge in [-0.3, -0.25) is 9.69 Å². The number of thiophene rings is 1. The minimum Gasteiger partial charge on any atom is -0.379 e. The summed E-state index contributed by atoms with van der Waals surface area (Å²) in [5.41, 5.74) is 1.000. The largest absolute Gasteiger partial charge is 0.379 e. The Balaban J connectivity index is 1.72. The van der Waals surface area contributed by atoms with Crippen molar-refractivity contribution in [2.24, 2.45) is 0 Å². The molecule has 0 spiro atoms. The molecular formula is C17H19FN2O2S. The van der Waals surface area contributed by atoms with Gasteiger partial charge in [0, 0.05) is 19.6 Å². The van der Waals surface area contributed by atoms with E-state index in [-0.39, 0.29) is 17.8 Å². The normalized spacial score (nSPS) is 16.9. The number of amides is 1. The summed E-state index contributed by atoms with van der Waals surface area (Å²) in [6.07, 6.45) is 0. The third-order valence-electron chi connectivity index (χ3n) is 3.94. The van der Waals surface area contributed by atoms with E-state index >= 15 is 0 Å². The van der Waals surface area contributed by atoms with E-state index in [1.165, 1.54) is 23.5 Å². The van der Waals surface area contributed by atoms with Crippen molar-refractivity contribution in [3.05, 3.63) is 58.0 Å². The second-order valence-corrected chi connectivity index (χ2v) is 6.35. The highest BCUT2D eigenvalue weighted by atomic mass is 32.1. The van der Waals surface area contributed by atoms with Crippen molar-refractivity contribution < 1.29 is 13.9 Å². The van der Waals surface area contributed by atoms with Crippen molar-refractivity contribution in [3.63, 3.8) is 0 Å². The summed E-state index contributed by atoms with van der Waals surface area (Å²) in [6.45, 7) is 3.45. The van der Waals surface area contributed by atoms with Gasteiger partial charge in [0.25, 0.3) is 5.91 Å². The molecule has 1 aliphatic heterocycles. The van der Waals surface area contributed by atoms with Crippen LogP contribution in [0, 0.1) is 5.82 Å². The summed E-state index contributed by atoms with van der Waals surface area (Å²) in [7, 11) is 0. The van der Waals surface area contributed by atoms with E-state index in [1.54, 1.807) is 12.1 Å². The molecule has 1 amide bonds. The highest BCUT2D eigenvalue weighted by Crippen LogP contribution is 2.22. The number of carbonyl (C=O) groups is 1. The SMILES string of the molecule is O=C(NC[C@@H](c1ccc(F)cc1)N1CCOCC1)c1cccs1. The van der Waals surface area contributed by atoms with Gasteiger partial charge in [0.15, 0.2) is 0 Å². The van der Waals surface area contributed by atoms with Crippen LogP contribution in [0.15, 0.2) is 41.8 Å². The van der Waals surface area contributed by atoms with Crippen molar-refractivity contribution >= 4 is 17.2 Å². The lowest BCUT2D eigenvalue weighted by molar-refractivity contribution is 0.0162. The number of morpholine rings is 1. The molecule has 1 aliphatic rings. The second kappa shape index (κ2) is 7.68. The second-order valence-electron chi connectivity index (χ2n) is 5.40. The lowest BCUT2D eigenvalue weighted by Gasteiger charge is -2.34. The average Bonchev–Trinajstić information content (AvgIpc) is 3.12. The van der Waals surface area contributed by atoms with Crippen LogP contribution < -0.4 is 5.32 Å². The first-order chi connectivity index (χ1) is 11.2. The molecule has 2 heterocycles. The molecule has 1 saturated heterocycles. The monoisotopic (exact) mass is 334 g/mol. The standard InChI is InChI=1S/C17H19FN2O2S/c18-14-5-3-13(4-6-14)15(20-7-9-22-10-8-20)12-19-17(21)16-2-1-11-23-16/h1-6,11,15H,7-10,12H2,(H,19,21)/t15-/m0/s1. The maximum atomic E-state index is 13.2. The molecule has 23 heavy (non-hydrogen) atoms. The quantitative estimate of drug-likeness (QED) is 0.914. The molecule has 4 nitrogen and oxygen atoms in total. The lowest BCUT2D eigenvalue weighted by Crippen LogP contribution is -2.43. The Morgan fingerprint density at radius 2 is 2.00 bits per heavy atom. The fourth-order valence-electron chi connectivity index (χ4n) is 2.72. The number of ether oxygens (including phenoxy) is 1. The summed E-state index contributed by atoms with van der Waals surface area (Å²) in [6, 6.07) is 10.2.